The quantitative estimate of drug-likeness (QED) is 0.219. The van der Waals surface area contributed by atoms with Crippen LogP contribution in [0.4, 0.5) is 32.0 Å². The van der Waals surface area contributed by atoms with E-state index in [0.29, 0.717) is 11.1 Å². The van der Waals surface area contributed by atoms with Gasteiger partial charge in [-0.15, -0.1) is 0 Å². The lowest BCUT2D eigenvalue weighted by Gasteiger charge is -2.28. The van der Waals surface area contributed by atoms with Crippen LogP contribution in [0.5, 0.6) is 0 Å². The second-order valence-electron chi connectivity index (χ2n) is 10.7. The van der Waals surface area contributed by atoms with Crippen molar-refractivity contribution in [2.75, 3.05) is 11.6 Å². The number of carbonyl (C=O) groups is 4. The number of rotatable bonds is 13. The van der Waals surface area contributed by atoms with Gasteiger partial charge in [-0.1, -0.05) is 48.5 Å². The van der Waals surface area contributed by atoms with Crippen LogP contribution in [0.25, 0.3) is 0 Å². The van der Waals surface area contributed by atoms with Gasteiger partial charge in [0.1, 0.15) is 6.04 Å². The number of fused-ring (bicyclic) bond motifs is 1. The molecule has 1 aliphatic heterocycles. The van der Waals surface area contributed by atoms with Gasteiger partial charge in [-0.2, -0.15) is 26.3 Å². The van der Waals surface area contributed by atoms with Crippen molar-refractivity contribution < 1.29 is 50.3 Å². The number of hydrogen-bond donors (Lipinski definition) is 3. The Balaban J connectivity index is 2.07. The molecule has 4 atom stereocenters. The molecule has 3 amide bonds. The molecule has 0 radical (unpaired) electrons. The molecule has 0 saturated carbocycles. The number of nitrogens with zero attached hydrogens (tertiary/aromatic N) is 2. The van der Waals surface area contributed by atoms with Crippen molar-refractivity contribution in [3.63, 3.8) is 0 Å². The van der Waals surface area contributed by atoms with Crippen LogP contribution in [0.15, 0.2) is 59.6 Å². The first-order valence-corrected chi connectivity index (χ1v) is 14.2. The fourth-order valence-corrected chi connectivity index (χ4v) is 4.88. The largest absolute Gasteiger partial charge is 0.443 e. The summed E-state index contributed by atoms with van der Waals surface area (Å²) in [6.45, 7) is 0.678. The van der Waals surface area contributed by atoms with Gasteiger partial charge in [0.2, 0.25) is 18.0 Å². The second-order valence-corrected chi connectivity index (χ2v) is 10.7. The van der Waals surface area contributed by atoms with Crippen molar-refractivity contribution in [2.45, 2.75) is 63.6 Å². The maximum absolute atomic E-state index is 13.9. The summed E-state index contributed by atoms with van der Waals surface area (Å²) < 4.78 is 83.2. The van der Waals surface area contributed by atoms with E-state index in [1.165, 1.54) is 13.0 Å². The van der Waals surface area contributed by atoms with Crippen LogP contribution in [0.2, 0.25) is 0 Å². The van der Waals surface area contributed by atoms with Crippen molar-refractivity contribution in [1.82, 2.24) is 5.32 Å². The molecule has 3 rings (SSSR count). The molecule has 0 spiro atoms. The van der Waals surface area contributed by atoms with E-state index in [9.17, 15) is 45.5 Å². The van der Waals surface area contributed by atoms with Gasteiger partial charge in [-0.05, 0) is 32.3 Å². The Hall–Kier alpha value is -4.47. The lowest BCUT2D eigenvalue weighted by molar-refractivity contribution is -0.147. The van der Waals surface area contributed by atoms with E-state index in [2.05, 4.69) is 10.3 Å². The normalized spacial score (nSPS) is 17.2. The molecule has 5 N–H and O–H groups in total. The number of nitrogens with two attached hydrogens (primary N) is 2. The average Bonchev–Trinajstić information content (AvgIpc) is 3.08. The van der Waals surface area contributed by atoms with E-state index in [1.807, 2.05) is 0 Å². The number of esters is 1. The highest BCUT2D eigenvalue weighted by Crippen LogP contribution is 2.33. The molecule has 2 aromatic rings. The van der Waals surface area contributed by atoms with Crippen LogP contribution >= 0.6 is 0 Å². The third kappa shape index (κ3) is 10.0. The molecule has 1 heterocycles. The van der Waals surface area contributed by atoms with E-state index in [1.54, 1.807) is 48.5 Å². The molecule has 16 heteroatoms. The fraction of sp³-hybridized carbons (Fsp3) is 0.433. The van der Waals surface area contributed by atoms with Crippen molar-refractivity contribution >= 4 is 35.1 Å². The molecule has 0 saturated heterocycles. The Bertz CT molecular complexity index is 1430. The van der Waals surface area contributed by atoms with Crippen LogP contribution < -0.4 is 21.7 Å². The molecule has 4 unspecified atom stereocenters. The zero-order valence-electron chi connectivity index (χ0n) is 24.6. The molecule has 2 aromatic carbocycles. The summed E-state index contributed by atoms with van der Waals surface area (Å²) in [5.41, 5.74) is 12.2. The minimum absolute atomic E-state index is 0.188. The summed E-state index contributed by atoms with van der Waals surface area (Å²) in [7, 11) is 0. The Morgan fingerprint density at radius 1 is 0.935 bits per heavy atom. The molecule has 1 aliphatic rings. The molecule has 0 bridgehead atoms. The number of benzene rings is 2. The zero-order chi connectivity index (χ0) is 34.2. The molecule has 0 aliphatic carbocycles. The first-order chi connectivity index (χ1) is 21.5. The zero-order valence-corrected chi connectivity index (χ0v) is 24.6. The Kier molecular flexibility index (Phi) is 11.9. The van der Waals surface area contributed by atoms with Crippen LogP contribution in [0, 0.1) is 11.8 Å². The maximum atomic E-state index is 13.9. The minimum atomic E-state index is -4.75. The third-order valence-electron chi connectivity index (χ3n) is 7.14. The van der Waals surface area contributed by atoms with Crippen molar-refractivity contribution in [3.05, 3.63) is 65.7 Å². The van der Waals surface area contributed by atoms with Crippen molar-refractivity contribution in [3.8, 4) is 0 Å². The fourth-order valence-electron chi connectivity index (χ4n) is 4.88. The van der Waals surface area contributed by atoms with E-state index < -0.39 is 98.9 Å². The molecule has 0 aromatic heterocycles. The van der Waals surface area contributed by atoms with E-state index in [0.717, 1.165) is 4.90 Å². The van der Waals surface area contributed by atoms with Gasteiger partial charge in [0, 0.05) is 35.8 Å². The number of halogens is 6. The van der Waals surface area contributed by atoms with Crippen LogP contribution in [-0.2, 0) is 23.9 Å². The highest BCUT2D eigenvalue weighted by atomic mass is 19.4. The summed E-state index contributed by atoms with van der Waals surface area (Å²) >= 11 is 0. The van der Waals surface area contributed by atoms with Crippen molar-refractivity contribution in [2.24, 2.45) is 28.3 Å². The number of ether oxygens (including phenoxy) is 1. The summed E-state index contributed by atoms with van der Waals surface area (Å²) in [5, 5.41) is 2.31. The Morgan fingerprint density at radius 3 is 2.13 bits per heavy atom. The number of alkyl halides is 6. The lowest BCUT2D eigenvalue weighted by atomic mass is 9.83. The van der Waals surface area contributed by atoms with Gasteiger partial charge in [-0.3, -0.25) is 24.1 Å². The number of carbonyl (C=O) groups excluding carboxylic acids is 4. The summed E-state index contributed by atoms with van der Waals surface area (Å²) in [5.74, 6) is -7.92. The van der Waals surface area contributed by atoms with E-state index >= 15 is 0 Å². The number of anilines is 1. The number of hydrogen-bond acceptors (Lipinski definition) is 7. The minimum Gasteiger partial charge on any atom is -0.443 e. The lowest BCUT2D eigenvalue weighted by Crippen LogP contribution is -2.51. The SMILES string of the molecule is CC(N)C(=O)OCN1C(=O)C(NC(=O)C(CCCC(F)(F)F)C(CCC(F)(F)F)C(N)=O)N=C(c2ccccc2)c2ccccc21. The van der Waals surface area contributed by atoms with Crippen molar-refractivity contribution in [1.29, 1.82) is 0 Å². The highest BCUT2D eigenvalue weighted by Gasteiger charge is 2.40. The van der Waals surface area contributed by atoms with Gasteiger partial charge >= 0.3 is 18.3 Å². The molecule has 0 fully saturated rings. The number of para-hydroxylation sites is 1. The number of amides is 3. The average molecular weight is 658 g/mol. The third-order valence-corrected chi connectivity index (χ3v) is 7.14. The highest BCUT2D eigenvalue weighted by molar-refractivity contribution is 6.20. The molecule has 46 heavy (non-hydrogen) atoms. The molecule has 10 nitrogen and oxygen atoms in total. The standard InChI is InChI=1S/C30H33F6N5O5/c1-17(37)28(45)46-16-41-22-12-6-5-10-21(22)23(18-8-3-2-4-9-18)39-25(27(41)44)40-26(43)20(11-7-14-29(31,32)33)19(24(38)42)13-15-30(34,35)36/h2-6,8-10,12,17,19-20,25H,7,11,13-16,37H2,1H3,(H2,38,42)(H,40,43). The number of aliphatic imine (C=N–C) groups is 1. The van der Waals surface area contributed by atoms with Gasteiger partial charge < -0.3 is 21.5 Å². The van der Waals surface area contributed by atoms with E-state index in [-0.39, 0.29) is 11.4 Å². The maximum Gasteiger partial charge on any atom is 0.389 e. The first-order valence-electron chi connectivity index (χ1n) is 14.2. The van der Waals surface area contributed by atoms with Gasteiger partial charge in [0.05, 0.1) is 11.4 Å². The number of primary amides is 1. The van der Waals surface area contributed by atoms with Crippen LogP contribution in [0.1, 0.15) is 50.2 Å². The predicted octanol–water partition coefficient (Wildman–Crippen LogP) is 3.95. The first kappa shape index (κ1) is 36.0. The van der Waals surface area contributed by atoms with E-state index in [4.69, 9.17) is 16.2 Å². The van der Waals surface area contributed by atoms with Gasteiger partial charge in [0.25, 0.3) is 5.91 Å². The van der Waals surface area contributed by atoms with Crippen LogP contribution in [0.3, 0.4) is 0 Å². The monoisotopic (exact) mass is 657 g/mol. The van der Waals surface area contributed by atoms with Crippen LogP contribution in [-0.4, -0.2) is 60.7 Å². The summed E-state index contributed by atoms with van der Waals surface area (Å²) in [6.07, 6.45) is -16.5. The van der Waals surface area contributed by atoms with Gasteiger partial charge in [-0.25, -0.2) is 4.99 Å². The number of nitrogens with one attached hydrogen (secondary N) is 1. The summed E-state index contributed by atoms with van der Waals surface area (Å²) in [6, 6.07) is 13.7. The topological polar surface area (TPSA) is 157 Å². The Morgan fingerprint density at radius 2 is 1.54 bits per heavy atom. The smallest absolute Gasteiger partial charge is 0.389 e. The molecule has 250 valence electrons. The predicted molar refractivity (Wildman–Crippen MR) is 154 cm³/mol. The second kappa shape index (κ2) is 15.2. The molecular formula is C30H33F6N5O5. The molecular weight excluding hydrogens is 624 g/mol. The van der Waals surface area contributed by atoms with Gasteiger partial charge in [0.15, 0.2) is 6.73 Å². The summed E-state index contributed by atoms with van der Waals surface area (Å²) in [4.78, 5) is 57.5. The Labute approximate surface area is 260 Å². The number of benzodiazepines with no additional fused rings is 1.